The number of carbonyl (C=O) groups excluding carboxylic acids is 1. The highest BCUT2D eigenvalue weighted by Crippen LogP contribution is 2.29. The minimum Gasteiger partial charge on any atom is -0.352 e. The van der Waals surface area contributed by atoms with Gasteiger partial charge in [-0.2, -0.15) is 4.31 Å². The summed E-state index contributed by atoms with van der Waals surface area (Å²) < 4.78 is 28.0. The van der Waals surface area contributed by atoms with Gasteiger partial charge >= 0.3 is 0 Å². The molecule has 1 saturated carbocycles. The van der Waals surface area contributed by atoms with Gasteiger partial charge in [-0.05, 0) is 42.5 Å². The molecule has 0 unspecified atom stereocenters. The molecule has 1 amide bonds. The Morgan fingerprint density at radius 3 is 2.26 bits per heavy atom. The van der Waals surface area contributed by atoms with E-state index in [1.807, 2.05) is 24.3 Å². The molecule has 1 aliphatic carbocycles. The number of sulfonamides is 1. The molecule has 0 spiro atoms. The number of benzene rings is 2. The van der Waals surface area contributed by atoms with Gasteiger partial charge < -0.3 is 5.32 Å². The molecular formula is C21H24N2O3S. The lowest BCUT2D eigenvalue weighted by molar-refractivity contribution is -0.125. The molecule has 0 radical (unpaired) electrons. The van der Waals surface area contributed by atoms with Gasteiger partial charge in [0.2, 0.25) is 15.9 Å². The quantitative estimate of drug-likeness (QED) is 0.881. The van der Waals surface area contributed by atoms with E-state index in [9.17, 15) is 13.2 Å². The van der Waals surface area contributed by atoms with E-state index in [4.69, 9.17) is 0 Å². The van der Waals surface area contributed by atoms with Crippen molar-refractivity contribution in [1.82, 2.24) is 9.62 Å². The fourth-order valence-corrected chi connectivity index (χ4v) is 5.66. The molecule has 1 N–H and O–H groups in total. The Kier molecular flexibility index (Phi) is 5.02. The van der Waals surface area contributed by atoms with E-state index in [0.717, 1.165) is 36.8 Å². The van der Waals surface area contributed by atoms with Crippen LogP contribution in [0.1, 0.15) is 36.8 Å². The molecule has 27 heavy (non-hydrogen) atoms. The Morgan fingerprint density at radius 1 is 0.926 bits per heavy atom. The predicted molar refractivity (Wildman–Crippen MR) is 104 cm³/mol. The first-order valence-corrected chi connectivity index (χ1v) is 10.9. The summed E-state index contributed by atoms with van der Waals surface area (Å²) >= 11 is 0. The van der Waals surface area contributed by atoms with Crippen LogP contribution in [0.4, 0.5) is 0 Å². The minimum absolute atomic E-state index is 0.163. The molecule has 1 aliphatic heterocycles. The molecule has 5 nitrogen and oxygen atoms in total. The topological polar surface area (TPSA) is 66.5 Å². The van der Waals surface area contributed by atoms with Gasteiger partial charge in [0.25, 0.3) is 0 Å². The second kappa shape index (κ2) is 7.44. The average molecular weight is 385 g/mol. The van der Waals surface area contributed by atoms with Crippen molar-refractivity contribution < 1.29 is 13.2 Å². The van der Waals surface area contributed by atoms with Crippen molar-refractivity contribution in [2.45, 2.75) is 55.6 Å². The number of hydrogen-bond donors (Lipinski definition) is 1. The van der Waals surface area contributed by atoms with Crippen LogP contribution in [0.5, 0.6) is 0 Å². The summed E-state index contributed by atoms with van der Waals surface area (Å²) in [6.45, 7) is 0.218. The van der Waals surface area contributed by atoms with Crippen molar-refractivity contribution in [3.63, 3.8) is 0 Å². The fraction of sp³-hybridized carbons (Fsp3) is 0.381. The van der Waals surface area contributed by atoms with Gasteiger partial charge in [-0.3, -0.25) is 4.79 Å². The van der Waals surface area contributed by atoms with E-state index in [2.05, 4.69) is 5.32 Å². The van der Waals surface area contributed by atoms with Crippen LogP contribution in [0.25, 0.3) is 0 Å². The molecule has 142 valence electrons. The van der Waals surface area contributed by atoms with Gasteiger partial charge in [0.15, 0.2) is 0 Å². The Labute approximate surface area is 160 Å². The van der Waals surface area contributed by atoms with Gasteiger partial charge in [0.1, 0.15) is 6.04 Å². The van der Waals surface area contributed by atoms with Crippen LogP contribution in [-0.2, 0) is 27.8 Å². The number of nitrogens with zero attached hydrogens (tertiary/aromatic N) is 1. The van der Waals surface area contributed by atoms with E-state index in [1.54, 1.807) is 30.3 Å². The number of nitrogens with one attached hydrogen (secondary N) is 1. The van der Waals surface area contributed by atoms with Crippen molar-refractivity contribution in [2.24, 2.45) is 0 Å². The highest BCUT2D eigenvalue weighted by Gasteiger charge is 2.40. The summed E-state index contributed by atoms with van der Waals surface area (Å²) in [5.41, 5.74) is 2.01. The fourth-order valence-electron chi connectivity index (χ4n) is 4.07. The van der Waals surface area contributed by atoms with E-state index >= 15 is 0 Å². The van der Waals surface area contributed by atoms with Crippen LogP contribution in [0, 0.1) is 0 Å². The maximum absolute atomic E-state index is 13.3. The Morgan fingerprint density at radius 2 is 1.56 bits per heavy atom. The third-order valence-corrected chi connectivity index (χ3v) is 7.43. The van der Waals surface area contributed by atoms with Gasteiger partial charge in [-0.25, -0.2) is 8.42 Å². The second-order valence-electron chi connectivity index (χ2n) is 7.34. The van der Waals surface area contributed by atoms with Gasteiger partial charge in [-0.1, -0.05) is 55.3 Å². The van der Waals surface area contributed by atoms with Crippen LogP contribution >= 0.6 is 0 Å². The molecule has 2 aliphatic rings. The van der Waals surface area contributed by atoms with Crippen LogP contribution in [0.2, 0.25) is 0 Å². The molecule has 0 aromatic heterocycles. The Balaban J connectivity index is 1.68. The summed E-state index contributed by atoms with van der Waals surface area (Å²) in [5.74, 6) is -0.184. The van der Waals surface area contributed by atoms with Crippen LogP contribution in [-0.4, -0.2) is 30.7 Å². The predicted octanol–water partition coefficient (Wildman–Crippen LogP) is 2.86. The summed E-state index contributed by atoms with van der Waals surface area (Å²) in [4.78, 5) is 13.3. The largest absolute Gasteiger partial charge is 0.352 e. The summed E-state index contributed by atoms with van der Waals surface area (Å²) in [7, 11) is -3.76. The van der Waals surface area contributed by atoms with Crippen LogP contribution in [0.15, 0.2) is 59.5 Å². The lowest BCUT2D eigenvalue weighted by Crippen LogP contribution is -2.53. The van der Waals surface area contributed by atoms with E-state index in [1.165, 1.54) is 4.31 Å². The lowest BCUT2D eigenvalue weighted by Gasteiger charge is -2.35. The molecule has 1 fully saturated rings. The summed E-state index contributed by atoms with van der Waals surface area (Å²) in [6, 6.07) is 15.6. The standard InChI is InChI=1S/C21H24N2O3S/c24-21(22-18-10-6-7-11-18)20-14-16-8-4-5-9-17(16)15-23(20)27(25,26)19-12-2-1-3-13-19/h1-5,8-9,12-13,18,20H,6-7,10-11,14-15H2,(H,22,24)/t20-/m1/s1. The smallest absolute Gasteiger partial charge is 0.244 e. The average Bonchev–Trinajstić information content (AvgIpc) is 3.20. The molecule has 6 heteroatoms. The number of hydrogen-bond acceptors (Lipinski definition) is 3. The number of amides is 1. The summed E-state index contributed by atoms with van der Waals surface area (Å²) in [6.07, 6.45) is 4.58. The number of fused-ring (bicyclic) bond motifs is 1. The van der Waals surface area contributed by atoms with Crippen molar-refractivity contribution >= 4 is 15.9 Å². The minimum atomic E-state index is -3.76. The molecule has 4 rings (SSSR count). The highest BCUT2D eigenvalue weighted by molar-refractivity contribution is 7.89. The maximum Gasteiger partial charge on any atom is 0.244 e. The van der Waals surface area contributed by atoms with Crippen molar-refractivity contribution in [3.05, 3.63) is 65.7 Å². The number of carbonyl (C=O) groups is 1. The third-order valence-electron chi connectivity index (χ3n) is 5.56. The highest BCUT2D eigenvalue weighted by atomic mass is 32.2. The molecule has 1 atom stereocenters. The lowest BCUT2D eigenvalue weighted by atomic mass is 9.95. The van der Waals surface area contributed by atoms with Gasteiger partial charge in [-0.15, -0.1) is 0 Å². The van der Waals surface area contributed by atoms with Crippen LogP contribution in [0.3, 0.4) is 0 Å². The molecule has 0 saturated heterocycles. The van der Waals surface area contributed by atoms with Crippen molar-refractivity contribution in [1.29, 1.82) is 0 Å². The Hall–Kier alpha value is -2.18. The molecule has 1 heterocycles. The van der Waals surface area contributed by atoms with Crippen LogP contribution < -0.4 is 5.32 Å². The second-order valence-corrected chi connectivity index (χ2v) is 9.23. The molecule has 0 bridgehead atoms. The van der Waals surface area contributed by atoms with E-state index in [0.29, 0.717) is 6.42 Å². The zero-order valence-corrected chi connectivity index (χ0v) is 16.0. The van der Waals surface area contributed by atoms with Gasteiger partial charge in [0, 0.05) is 12.6 Å². The third kappa shape index (κ3) is 3.64. The van der Waals surface area contributed by atoms with Crippen molar-refractivity contribution in [2.75, 3.05) is 0 Å². The van der Waals surface area contributed by atoms with Crippen molar-refractivity contribution in [3.8, 4) is 0 Å². The first kappa shape index (κ1) is 18.2. The maximum atomic E-state index is 13.3. The first-order chi connectivity index (χ1) is 13.1. The SMILES string of the molecule is O=C(NC1CCCC1)[C@H]1Cc2ccccc2CN1S(=O)(=O)c1ccccc1. The van der Waals surface area contributed by atoms with Gasteiger partial charge in [0.05, 0.1) is 4.90 Å². The monoisotopic (exact) mass is 384 g/mol. The normalized spacial score (nSPS) is 21.0. The molecule has 2 aromatic carbocycles. The zero-order chi connectivity index (χ0) is 18.9. The Bertz CT molecular complexity index is 921. The summed E-state index contributed by atoms with van der Waals surface area (Å²) in [5, 5.41) is 3.09. The first-order valence-electron chi connectivity index (χ1n) is 9.50. The van der Waals surface area contributed by atoms with E-state index in [-0.39, 0.29) is 23.4 Å². The number of rotatable bonds is 4. The molecule has 2 aromatic rings. The van der Waals surface area contributed by atoms with E-state index < -0.39 is 16.1 Å². The molecular weight excluding hydrogens is 360 g/mol. The zero-order valence-electron chi connectivity index (χ0n) is 15.2.